The first-order valence-electron chi connectivity index (χ1n) is 6.74. The van der Waals surface area contributed by atoms with Crippen LogP contribution in [0.3, 0.4) is 0 Å². The molecule has 0 aromatic carbocycles. The Morgan fingerprint density at radius 3 is 2.47 bits per heavy atom. The monoisotopic (exact) mass is 241 g/mol. The summed E-state index contributed by atoms with van der Waals surface area (Å²) in [7, 11) is 0. The van der Waals surface area contributed by atoms with Gasteiger partial charge in [-0.25, -0.2) is 0 Å². The van der Waals surface area contributed by atoms with Crippen LogP contribution in [0.4, 0.5) is 0 Å². The van der Waals surface area contributed by atoms with Gasteiger partial charge in [0.2, 0.25) is 5.91 Å². The van der Waals surface area contributed by atoms with Crippen LogP contribution in [0, 0.1) is 0 Å². The molecule has 1 rings (SSSR count). The first-order chi connectivity index (χ1) is 7.99. The normalized spacial score (nSPS) is 17.7. The van der Waals surface area contributed by atoms with Gasteiger partial charge >= 0.3 is 0 Å². The summed E-state index contributed by atoms with van der Waals surface area (Å²) in [6, 6.07) is 0.405. The van der Waals surface area contributed by atoms with Gasteiger partial charge in [0.05, 0.1) is 6.54 Å². The van der Waals surface area contributed by atoms with E-state index in [1.54, 1.807) is 0 Å². The molecule has 0 saturated heterocycles. The van der Waals surface area contributed by atoms with Crippen molar-refractivity contribution in [2.24, 2.45) is 5.73 Å². The molecule has 3 N–H and O–H groups in total. The smallest absolute Gasteiger partial charge is 0.234 e. The van der Waals surface area contributed by atoms with Gasteiger partial charge in [-0.05, 0) is 33.2 Å². The van der Waals surface area contributed by atoms with E-state index in [1.807, 2.05) is 0 Å². The largest absolute Gasteiger partial charge is 0.352 e. The van der Waals surface area contributed by atoms with Crippen LogP contribution in [0.5, 0.6) is 0 Å². The molecule has 1 saturated carbocycles. The fraction of sp³-hybridized carbons (Fsp3) is 0.923. The van der Waals surface area contributed by atoms with Crippen molar-refractivity contribution in [1.29, 1.82) is 0 Å². The molecular weight excluding hydrogens is 214 g/mol. The van der Waals surface area contributed by atoms with E-state index < -0.39 is 0 Å². The summed E-state index contributed by atoms with van der Waals surface area (Å²) < 4.78 is 0. The Hall–Kier alpha value is -0.610. The Labute approximate surface area is 105 Å². The van der Waals surface area contributed by atoms with Crippen LogP contribution in [-0.2, 0) is 4.79 Å². The van der Waals surface area contributed by atoms with Gasteiger partial charge in [0.1, 0.15) is 0 Å². The number of nitrogens with two attached hydrogens (primary N) is 1. The minimum atomic E-state index is -0.109. The average molecular weight is 241 g/mol. The van der Waals surface area contributed by atoms with Gasteiger partial charge in [0.25, 0.3) is 0 Å². The van der Waals surface area contributed by atoms with E-state index in [4.69, 9.17) is 5.73 Å². The molecule has 0 spiro atoms. The zero-order valence-electron chi connectivity index (χ0n) is 11.5. The number of likely N-dealkylation sites (N-methyl/N-ethyl adjacent to an activating group) is 1. The Kier molecular flexibility index (Phi) is 5.40. The van der Waals surface area contributed by atoms with Crippen LogP contribution in [0.2, 0.25) is 0 Å². The summed E-state index contributed by atoms with van der Waals surface area (Å²) in [6.45, 7) is 8.11. The second-order valence-electron chi connectivity index (χ2n) is 5.58. The third-order valence-corrected chi connectivity index (χ3v) is 3.79. The third kappa shape index (κ3) is 4.28. The molecule has 0 heterocycles. The Balaban J connectivity index is 2.41. The van der Waals surface area contributed by atoms with Crippen molar-refractivity contribution in [3.8, 4) is 0 Å². The van der Waals surface area contributed by atoms with Gasteiger partial charge in [0, 0.05) is 18.1 Å². The number of carbonyl (C=O) groups is 1. The van der Waals surface area contributed by atoms with Crippen molar-refractivity contribution < 1.29 is 4.79 Å². The lowest BCUT2D eigenvalue weighted by atomic mass is 10.0. The average Bonchev–Trinajstić information content (AvgIpc) is 2.78. The Morgan fingerprint density at radius 2 is 2.00 bits per heavy atom. The molecule has 1 aliphatic rings. The fourth-order valence-electron chi connectivity index (χ4n) is 2.40. The summed E-state index contributed by atoms with van der Waals surface area (Å²) in [6.07, 6.45) is 4.77. The maximum atomic E-state index is 11.9. The minimum absolute atomic E-state index is 0.109. The lowest BCUT2D eigenvalue weighted by Crippen LogP contribution is -2.53. The highest BCUT2D eigenvalue weighted by atomic mass is 16.2. The number of hydrogen-bond donors (Lipinski definition) is 2. The summed E-state index contributed by atoms with van der Waals surface area (Å²) in [5, 5.41) is 3.12. The first kappa shape index (κ1) is 14.5. The van der Waals surface area contributed by atoms with Crippen molar-refractivity contribution in [2.45, 2.75) is 58.0 Å². The maximum Gasteiger partial charge on any atom is 0.234 e. The molecule has 17 heavy (non-hydrogen) atoms. The predicted molar refractivity (Wildman–Crippen MR) is 70.8 cm³/mol. The second kappa shape index (κ2) is 6.36. The van der Waals surface area contributed by atoms with Crippen LogP contribution >= 0.6 is 0 Å². The Bertz CT molecular complexity index is 247. The van der Waals surface area contributed by atoms with Gasteiger partial charge < -0.3 is 11.1 Å². The summed E-state index contributed by atoms with van der Waals surface area (Å²) in [4.78, 5) is 14.1. The second-order valence-corrected chi connectivity index (χ2v) is 5.58. The van der Waals surface area contributed by atoms with Crippen LogP contribution < -0.4 is 11.1 Å². The minimum Gasteiger partial charge on any atom is -0.352 e. The number of amides is 1. The molecule has 0 radical (unpaired) electrons. The number of nitrogens with one attached hydrogen (secondary N) is 1. The van der Waals surface area contributed by atoms with Crippen molar-refractivity contribution in [2.75, 3.05) is 19.6 Å². The highest BCUT2D eigenvalue weighted by Crippen LogP contribution is 2.18. The number of carbonyl (C=O) groups excluding carboxylic acids is 1. The maximum absolute atomic E-state index is 11.9. The number of nitrogens with zero attached hydrogens (tertiary/aromatic N) is 1. The van der Waals surface area contributed by atoms with E-state index in [0.29, 0.717) is 19.1 Å². The van der Waals surface area contributed by atoms with Gasteiger partial charge in [0.15, 0.2) is 0 Å². The zero-order chi connectivity index (χ0) is 12.9. The molecule has 4 nitrogen and oxygen atoms in total. The predicted octanol–water partition coefficient (Wildman–Crippen LogP) is 1.10. The van der Waals surface area contributed by atoms with Crippen LogP contribution in [0.15, 0.2) is 0 Å². The van der Waals surface area contributed by atoms with E-state index in [-0.39, 0.29) is 11.4 Å². The summed E-state index contributed by atoms with van der Waals surface area (Å²) in [5.41, 5.74) is 5.64. The molecule has 1 fully saturated rings. The van der Waals surface area contributed by atoms with Crippen LogP contribution in [0.1, 0.15) is 46.5 Å². The summed E-state index contributed by atoms with van der Waals surface area (Å²) in [5.74, 6) is 0.139. The lowest BCUT2D eigenvalue weighted by Gasteiger charge is -2.36. The van der Waals surface area contributed by atoms with E-state index in [2.05, 4.69) is 31.0 Å². The van der Waals surface area contributed by atoms with Crippen molar-refractivity contribution in [3.05, 3.63) is 0 Å². The molecule has 0 bridgehead atoms. The van der Waals surface area contributed by atoms with E-state index in [0.717, 1.165) is 19.4 Å². The van der Waals surface area contributed by atoms with Gasteiger partial charge in [-0.3, -0.25) is 9.69 Å². The molecular formula is C13H27N3O. The molecule has 0 aliphatic heterocycles. The van der Waals surface area contributed by atoms with E-state index in [9.17, 15) is 4.79 Å². The van der Waals surface area contributed by atoms with Crippen LogP contribution in [-0.4, -0.2) is 42.0 Å². The molecule has 1 aliphatic carbocycles. The van der Waals surface area contributed by atoms with E-state index >= 15 is 0 Å². The quantitative estimate of drug-likeness (QED) is 0.732. The molecule has 4 heteroatoms. The SMILES string of the molecule is CCN(CC(=O)NC1CCCC1)C(C)(C)CN. The molecule has 0 atom stereocenters. The topological polar surface area (TPSA) is 58.4 Å². The summed E-state index contributed by atoms with van der Waals surface area (Å²) >= 11 is 0. The Morgan fingerprint density at radius 1 is 1.41 bits per heavy atom. The number of hydrogen-bond acceptors (Lipinski definition) is 3. The highest BCUT2D eigenvalue weighted by molar-refractivity contribution is 5.78. The van der Waals surface area contributed by atoms with Crippen molar-refractivity contribution in [1.82, 2.24) is 10.2 Å². The van der Waals surface area contributed by atoms with Crippen molar-refractivity contribution in [3.63, 3.8) is 0 Å². The molecule has 100 valence electrons. The van der Waals surface area contributed by atoms with Crippen LogP contribution in [0.25, 0.3) is 0 Å². The molecule has 0 aromatic rings. The molecule has 0 unspecified atom stereocenters. The van der Waals surface area contributed by atoms with Gasteiger partial charge in [-0.2, -0.15) is 0 Å². The molecule has 1 amide bonds. The van der Waals surface area contributed by atoms with Gasteiger partial charge in [-0.1, -0.05) is 19.8 Å². The van der Waals surface area contributed by atoms with Crippen molar-refractivity contribution >= 4 is 5.91 Å². The standard InChI is InChI=1S/C13H27N3O/c1-4-16(13(2,3)10-14)9-12(17)15-11-7-5-6-8-11/h11H,4-10,14H2,1-3H3,(H,15,17). The van der Waals surface area contributed by atoms with E-state index in [1.165, 1.54) is 12.8 Å². The third-order valence-electron chi connectivity index (χ3n) is 3.79. The highest BCUT2D eigenvalue weighted by Gasteiger charge is 2.26. The molecule has 0 aromatic heterocycles. The fourth-order valence-corrected chi connectivity index (χ4v) is 2.40. The zero-order valence-corrected chi connectivity index (χ0v) is 11.5. The number of rotatable bonds is 6. The van der Waals surface area contributed by atoms with Gasteiger partial charge in [-0.15, -0.1) is 0 Å². The lowest BCUT2D eigenvalue weighted by molar-refractivity contribution is -0.124. The first-order valence-corrected chi connectivity index (χ1v) is 6.74.